The summed E-state index contributed by atoms with van der Waals surface area (Å²) in [4.78, 5) is 22.8. The third kappa shape index (κ3) is 9.26. The number of rotatable bonds is 11. The van der Waals surface area contributed by atoms with Crippen LogP contribution in [0, 0.1) is 13.8 Å². The molecular weight excluding hydrogens is 552 g/mol. The number of hydrogen-bond acceptors (Lipinski definition) is 3. The second kappa shape index (κ2) is 13.1. The van der Waals surface area contributed by atoms with E-state index >= 15 is 0 Å². The van der Waals surface area contributed by atoms with E-state index in [1.807, 2.05) is 0 Å². The summed E-state index contributed by atoms with van der Waals surface area (Å²) in [6.45, 7) is 3.40. The highest BCUT2D eigenvalue weighted by atomic mass is 19.4. The van der Waals surface area contributed by atoms with Gasteiger partial charge in [-0.25, -0.2) is 0 Å². The van der Waals surface area contributed by atoms with E-state index in [2.05, 4.69) is 5.32 Å². The predicted molar refractivity (Wildman–Crippen MR) is 141 cm³/mol. The number of carbonyl (C=O) groups is 2. The number of carboxylic acid groups (broad SMARTS) is 1. The first kappa shape index (κ1) is 31.5. The molecule has 0 aliphatic carbocycles. The van der Waals surface area contributed by atoms with Crippen LogP contribution in [-0.2, 0) is 11.0 Å². The Balaban J connectivity index is 1.76. The summed E-state index contributed by atoms with van der Waals surface area (Å²) in [5, 5.41) is 11.2. The molecule has 1 atom stereocenters. The van der Waals surface area contributed by atoms with Crippen molar-refractivity contribution in [2.45, 2.75) is 51.4 Å². The lowest BCUT2D eigenvalue weighted by Crippen LogP contribution is -2.26. The Morgan fingerprint density at radius 2 is 1.49 bits per heavy atom. The highest BCUT2D eigenvalue weighted by molar-refractivity contribution is 5.94. The minimum atomic E-state index is -4.45. The van der Waals surface area contributed by atoms with Crippen LogP contribution in [0.3, 0.4) is 0 Å². The van der Waals surface area contributed by atoms with Gasteiger partial charge in [0.05, 0.1) is 18.6 Å². The summed E-state index contributed by atoms with van der Waals surface area (Å²) in [6.07, 6.45) is -10.4. The largest absolute Gasteiger partial charge is 0.493 e. The van der Waals surface area contributed by atoms with Crippen LogP contribution >= 0.6 is 0 Å². The molecule has 5 nitrogen and oxygen atoms in total. The van der Waals surface area contributed by atoms with E-state index in [9.17, 15) is 35.9 Å². The molecule has 3 rings (SSSR count). The standard InChI is InChI=1S/C30H29F6NO4/c1-18-15-25(16-19(2)27(18)21-7-9-24(10-8-21)30(34,35)36)41-17-23(11-13-29(31,32)33)20-3-5-22(6-4-20)28(40)37-14-12-26(38)39/h3-10,15-16,23H,11-14,17H2,1-2H3,(H,37,40)(H,38,39). The van der Waals surface area contributed by atoms with Gasteiger partial charge in [0, 0.05) is 24.4 Å². The van der Waals surface area contributed by atoms with Gasteiger partial charge in [-0.1, -0.05) is 24.3 Å². The Bertz CT molecular complexity index is 1330. The van der Waals surface area contributed by atoms with Crippen molar-refractivity contribution < 1.29 is 45.8 Å². The third-order valence-corrected chi connectivity index (χ3v) is 6.50. The molecule has 220 valence electrons. The Morgan fingerprint density at radius 3 is 2.00 bits per heavy atom. The van der Waals surface area contributed by atoms with Crippen LogP contribution < -0.4 is 10.1 Å². The summed E-state index contributed by atoms with van der Waals surface area (Å²) in [5.41, 5.74) is 2.79. The number of benzene rings is 3. The molecule has 0 bridgehead atoms. The number of carboxylic acids is 1. The van der Waals surface area contributed by atoms with Crippen molar-refractivity contribution in [1.29, 1.82) is 0 Å². The van der Waals surface area contributed by atoms with E-state index in [1.165, 1.54) is 24.3 Å². The van der Waals surface area contributed by atoms with Gasteiger partial charge in [0.15, 0.2) is 0 Å². The van der Waals surface area contributed by atoms with Crippen molar-refractivity contribution in [2.24, 2.45) is 0 Å². The molecule has 0 aliphatic rings. The molecule has 0 saturated heterocycles. The number of nitrogens with one attached hydrogen (secondary N) is 1. The number of hydrogen-bond donors (Lipinski definition) is 2. The predicted octanol–water partition coefficient (Wildman–Crippen LogP) is 7.70. The summed E-state index contributed by atoms with van der Waals surface area (Å²) in [6, 6.07) is 14.2. The molecule has 0 aromatic heterocycles. The summed E-state index contributed by atoms with van der Waals surface area (Å²) in [5.74, 6) is -1.81. The van der Waals surface area contributed by atoms with Crippen LogP contribution in [0.1, 0.15) is 57.8 Å². The summed E-state index contributed by atoms with van der Waals surface area (Å²) in [7, 11) is 0. The number of halogens is 6. The molecule has 0 spiro atoms. The molecule has 0 fully saturated rings. The first-order valence-electron chi connectivity index (χ1n) is 12.7. The molecule has 0 radical (unpaired) electrons. The molecule has 2 N–H and O–H groups in total. The van der Waals surface area contributed by atoms with Crippen LogP contribution in [0.5, 0.6) is 5.75 Å². The molecule has 0 heterocycles. The van der Waals surface area contributed by atoms with Crippen molar-refractivity contribution in [3.05, 3.63) is 88.5 Å². The van der Waals surface area contributed by atoms with E-state index < -0.39 is 42.1 Å². The molecule has 0 saturated carbocycles. The molecular formula is C30H29F6NO4. The molecule has 3 aromatic carbocycles. The number of amides is 1. The highest BCUT2D eigenvalue weighted by Gasteiger charge is 2.30. The number of aliphatic carboxylic acids is 1. The maximum atomic E-state index is 13.0. The lowest BCUT2D eigenvalue weighted by Gasteiger charge is -2.21. The molecule has 3 aromatic rings. The fraction of sp³-hybridized carbons (Fsp3) is 0.333. The summed E-state index contributed by atoms with van der Waals surface area (Å²) >= 11 is 0. The normalized spacial score (nSPS) is 12.6. The fourth-order valence-electron chi connectivity index (χ4n) is 4.46. The fourth-order valence-corrected chi connectivity index (χ4v) is 4.46. The second-order valence-corrected chi connectivity index (χ2v) is 9.69. The lowest BCUT2D eigenvalue weighted by atomic mass is 9.93. The second-order valence-electron chi connectivity index (χ2n) is 9.69. The Morgan fingerprint density at radius 1 is 0.902 bits per heavy atom. The lowest BCUT2D eigenvalue weighted by molar-refractivity contribution is -0.138. The smallest absolute Gasteiger partial charge is 0.416 e. The quantitative estimate of drug-likeness (QED) is 0.228. The van der Waals surface area contributed by atoms with Crippen LogP contribution in [0.4, 0.5) is 26.3 Å². The van der Waals surface area contributed by atoms with Gasteiger partial charge in [0.2, 0.25) is 0 Å². The van der Waals surface area contributed by atoms with Gasteiger partial charge >= 0.3 is 18.3 Å². The van der Waals surface area contributed by atoms with Gasteiger partial charge < -0.3 is 15.2 Å². The van der Waals surface area contributed by atoms with Crippen LogP contribution in [0.15, 0.2) is 60.7 Å². The SMILES string of the molecule is Cc1cc(OCC(CCC(F)(F)F)c2ccc(C(=O)NCCC(=O)O)cc2)cc(C)c1-c1ccc(C(F)(F)F)cc1. The van der Waals surface area contributed by atoms with Gasteiger partial charge in [0.1, 0.15) is 5.75 Å². The van der Waals surface area contributed by atoms with Crippen molar-refractivity contribution in [2.75, 3.05) is 13.2 Å². The van der Waals surface area contributed by atoms with Crippen molar-refractivity contribution >= 4 is 11.9 Å². The van der Waals surface area contributed by atoms with Gasteiger partial charge in [0.25, 0.3) is 5.91 Å². The van der Waals surface area contributed by atoms with E-state index in [0.29, 0.717) is 16.9 Å². The maximum Gasteiger partial charge on any atom is 0.416 e. The monoisotopic (exact) mass is 581 g/mol. The third-order valence-electron chi connectivity index (χ3n) is 6.50. The number of carbonyl (C=O) groups excluding carboxylic acids is 1. The van der Waals surface area contributed by atoms with Crippen molar-refractivity contribution in [1.82, 2.24) is 5.32 Å². The molecule has 1 amide bonds. The number of alkyl halides is 6. The first-order valence-corrected chi connectivity index (χ1v) is 12.7. The average Bonchev–Trinajstić information content (AvgIpc) is 2.87. The van der Waals surface area contributed by atoms with Gasteiger partial charge in [-0.15, -0.1) is 0 Å². The zero-order valence-electron chi connectivity index (χ0n) is 22.3. The van der Waals surface area contributed by atoms with E-state index in [4.69, 9.17) is 9.84 Å². The van der Waals surface area contributed by atoms with E-state index in [-0.39, 0.29) is 31.6 Å². The van der Waals surface area contributed by atoms with E-state index in [1.54, 1.807) is 38.1 Å². The molecule has 11 heteroatoms. The zero-order valence-corrected chi connectivity index (χ0v) is 22.3. The zero-order chi connectivity index (χ0) is 30.4. The minimum Gasteiger partial charge on any atom is -0.493 e. The van der Waals surface area contributed by atoms with Crippen LogP contribution in [-0.4, -0.2) is 36.3 Å². The van der Waals surface area contributed by atoms with Crippen LogP contribution in [0.25, 0.3) is 11.1 Å². The Kier molecular flexibility index (Phi) is 10.1. The first-order chi connectivity index (χ1) is 19.1. The van der Waals surface area contributed by atoms with Gasteiger partial charge in [-0.05, 0) is 84.5 Å². The Labute approximate surface area is 233 Å². The average molecular weight is 582 g/mol. The Hall–Kier alpha value is -4.02. The van der Waals surface area contributed by atoms with Gasteiger partial charge in [-0.2, -0.15) is 26.3 Å². The number of ether oxygens (including phenoxy) is 1. The maximum absolute atomic E-state index is 13.0. The van der Waals surface area contributed by atoms with Crippen LogP contribution in [0.2, 0.25) is 0 Å². The van der Waals surface area contributed by atoms with Gasteiger partial charge in [-0.3, -0.25) is 9.59 Å². The summed E-state index contributed by atoms with van der Waals surface area (Å²) < 4.78 is 83.8. The minimum absolute atomic E-state index is 0.0611. The molecule has 41 heavy (non-hydrogen) atoms. The van der Waals surface area contributed by atoms with Crippen molar-refractivity contribution in [3.8, 4) is 16.9 Å². The molecule has 0 aliphatic heterocycles. The number of aryl methyl sites for hydroxylation is 2. The van der Waals surface area contributed by atoms with E-state index in [0.717, 1.165) is 28.8 Å². The molecule has 1 unspecified atom stereocenters. The topological polar surface area (TPSA) is 75.6 Å². The van der Waals surface area contributed by atoms with Crippen molar-refractivity contribution in [3.63, 3.8) is 0 Å². The highest BCUT2D eigenvalue weighted by Crippen LogP contribution is 2.35.